The molecule has 0 aliphatic carbocycles. The summed E-state index contributed by atoms with van der Waals surface area (Å²) < 4.78 is 18.7. The third-order valence-corrected chi connectivity index (χ3v) is 3.41. The first-order valence-corrected chi connectivity index (χ1v) is 6.24. The van der Waals surface area contributed by atoms with Crippen LogP contribution in [0.25, 0.3) is 0 Å². The average Bonchev–Trinajstić information content (AvgIpc) is 2.72. The number of methoxy groups -OCH3 is 1. The maximum absolute atomic E-state index is 13.7. The lowest BCUT2D eigenvalue weighted by Gasteiger charge is -2.19. The molecule has 1 aromatic rings. The van der Waals surface area contributed by atoms with Crippen molar-refractivity contribution in [2.75, 3.05) is 20.2 Å². The SMILES string of the molecule is COc1ccc(CC(=O)N2CCC(C)(O)C2)c(F)c1. The maximum atomic E-state index is 13.7. The fourth-order valence-electron chi connectivity index (χ4n) is 2.23. The molecule has 0 spiro atoms. The number of likely N-dealkylation sites (tertiary alicyclic amines) is 1. The molecule has 19 heavy (non-hydrogen) atoms. The molecular weight excluding hydrogens is 249 g/mol. The average molecular weight is 267 g/mol. The number of β-amino-alcohol motifs (C(OH)–C–C–N with tert-alkyl or cyclic N) is 1. The van der Waals surface area contributed by atoms with Crippen LogP contribution in [0, 0.1) is 5.82 Å². The molecule has 1 amide bonds. The molecule has 0 bridgehead atoms. The van der Waals surface area contributed by atoms with Crippen molar-refractivity contribution in [1.29, 1.82) is 0 Å². The minimum atomic E-state index is -0.825. The number of ether oxygens (including phenoxy) is 1. The molecule has 1 fully saturated rings. The molecule has 1 aromatic carbocycles. The van der Waals surface area contributed by atoms with Crippen LogP contribution in [-0.4, -0.2) is 41.7 Å². The van der Waals surface area contributed by atoms with Gasteiger partial charge in [0, 0.05) is 19.2 Å². The van der Waals surface area contributed by atoms with Gasteiger partial charge in [-0.25, -0.2) is 4.39 Å². The van der Waals surface area contributed by atoms with Crippen LogP contribution in [-0.2, 0) is 11.2 Å². The van der Waals surface area contributed by atoms with Crippen molar-refractivity contribution in [2.24, 2.45) is 0 Å². The monoisotopic (exact) mass is 267 g/mol. The van der Waals surface area contributed by atoms with E-state index in [4.69, 9.17) is 4.74 Å². The third kappa shape index (κ3) is 3.23. The van der Waals surface area contributed by atoms with Crippen molar-refractivity contribution in [3.63, 3.8) is 0 Å². The van der Waals surface area contributed by atoms with Crippen molar-refractivity contribution in [3.8, 4) is 5.75 Å². The molecule has 1 atom stereocenters. The van der Waals surface area contributed by atoms with Crippen LogP contribution in [0.15, 0.2) is 18.2 Å². The highest BCUT2D eigenvalue weighted by molar-refractivity contribution is 5.79. The molecule has 1 N–H and O–H groups in total. The Hall–Kier alpha value is -1.62. The summed E-state index contributed by atoms with van der Waals surface area (Å²) in [7, 11) is 1.46. The first-order chi connectivity index (χ1) is 8.91. The van der Waals surface area contributed by atoms with E-state index < -0.39 is 11.4 Å². The Morgan fingerprint density at radius 2 is 2.32 bits per heavy atom. The summed E-state index contributed by atoms with van der Waals surface area (Å²) in [6.07, 6.45) is 0.565. The fourth-order valence-corrected chi connectivity index (χ4v) is 2.23. The van der Waals surface area contributed by atoms with Crippen molar-refractivity contribution >= 4 is 5.91 Å². The fraction of sp³-hybridized carbons (Fsp3) is 0.500. The quantitative estimate of drug-likeness (QED) is 0.899. The minimum Gasteiger partial charge on any atom is -0.497 e. The van der Waals surface area contributed by atoms with Crippen LogP contribution in [0.5, 0.6) is 5.75 Å². The summed E-state index contributed by atoms with van der Waals surface area (Å²) in [5, 5.41) is 9.82. The number of carbonyl (C=O) groups excluding carboxylic acids is 1. The van der Waals surface area contributed by atoms with Gasteiger partial charge in [0.25, 0.3) is 0 Å². The Labute approximate surface area is 111 Å². The van der Waals surface area contributed by atoms with Gasteiger partial charge in [-0.05, 0) is 25.0 Å². The normalized spacial score (nSPS) is 22.6. The van der Waals surface area contributed by atoms with Crippen LogP contribution in [0.1, 0.15) is 18.9 Å². The Morgan fingerprint density at radius 1 is 1.58 bits per heavy atom. The van der Waals surface area contributed by atoms with E-state index in [-0.39, 0.29) is 12.3 Å². The summed E-state index contributed by atoms with van der Waals surface area (Å²) in [5.74, 6) is -0.182. The Bertz CT molecular complexity index is 488. The predicted molar refractivity (Wildman–Crippen MR) is 68.5 cm³/mol. The molecule has 0 radical (unpaired) electrons. The number of aliphatic hydroxyl groups is 1. The van der Waals surface area contributed by atoms with Crippen molar-refractivity contribution in [2.45, 2.75) is 25.4 Å². The number of benzene rings is 1. The highest BCUT2D eigenvalue weighted by Crippen LogP contribution is 2.22. The molecule has 2 rings (SSSR count). The number of rotatable bonds is 3. The molecule has 1 aliphatic heterocycles. The highest BCUT2D eigenvalue weighted by atomic mass is 19.1. The van der Waals surface area contributed by atoms with Gasteiger partial charge in [0.15, 0.2) is 0 Å². The Morgan fingerprint density at radius 3 is 2.84 bits per heavy atom. The topological polar surface area (TPSA) is 49.8 Å². The van der Waals surface area contributed by atoms with E-state index in [2.05, 4.69) is 0 Å². The van der Waals surface area contributed by atoms with Crippen LogP contribution < -0.4 is 4.74 Å². The molecule has 0 aromatic heterocycles. The predicted octanol–water partition coefficient (Wildman–Crippen LogP) is 1.36. The lowest BCUT2D eigenvalue weighted by molar-refractivity contribution is -0.130. The number of amides is 1. The van der Waals surface area contributed by atoms with Crippen molar-refractivity contribution in [3.05, 3.63) is 29.6 Å². The first-order valence-electron chi connectivity index (χ1n) is 6.24. The van der Waals surface area contributed by atoms with Crippen LogP contribution in [0.3, 0.4) is 0 Å². The van der Waals surface area contributed by atoms with Gasteiger partial charge in [0.1, 0.15) is 11.6 Å². The van der Waals surface area contributed by atoms with Gasteiger partial charge in [-0.15, -0.1) is 0 Å². The van der Waals surface area contributed by atoms with Crippen molar-refractivity contribution in [1.82, 2.24) is 4.90 Å². The van der Waals surface area contributed by atoms with E-state index in [1.54, 1.807) is 24.0 Å². The number of halogens is 1. The van der Waals surface area contributed by atoms with Gasteiger partial charge < -0.3 is 14.7 Å². The summed E-state index contributed by atoms with van der Waals surface area (Å²) in [6.45, 7) is 2.53. The second-order valence-electron chi connectivity index (χ2n) is 5.20. The second-order valence-corrected chi connectivity index (χ2v) is 5.20. The molecule has 1 aliphatic rings. The molecule has 1 unspecified atom stereocenters. The summed E-state index contributed by atoms with van der Waals surface area (Å²) in [6, 6.07) is 4.45. The van der Waals surface area contributed by atoms with Gasteiger partial charge in [0.05, 0.1) is 19.1 Å². The smallest absolute Gasteiger partial charge is 0.227 e. The largest absolute Gasteiger partial charge is 0.497 e. The minimum absolute atomic E-state index is 0.00586. The lowest BCUT2D eigenvalue weighted by Crippen LogP contribution is -2.34. The number of nitrogens with zero attached hydrogens (tertiary/aromatic N) is 1. The first kappa shape index (κ1) is 13.8. The van der Waals surface area contributed by atoms with Crippen molar-refractivity contribution < 1.29 is 19.0 Å². The molecule has 4 nitrogen and oxygen atoms in total. The van der Waals surface area contributed by atoms with E-state index in [1.165, 1.54) is 13.2 Å². The summed E-state index contributed by atoms with van der Waals surface area (Å²) in [4.78, 5) is 13.6. The molecule has 1 saturated heterocycles. The standard InChI is InChI=1S/C14H18FNO3/c1-14(18)5-6-16(9-14)13(17)7-10-3-4-11(19-2)8-12(10)15/h3-4,8,18H,5-7,9H2,1-2H3. The van der Waals surface area contributed by atoms with Gasteiger partial charge in [-0.2, -0.15) is 0 Å². The zero-order chi connectivity index (χ0) is 14.0. The third-order valence-electron chi connectivity index (χ3n) is 3.41. The van der Waals surface area contributed by atoms with Gasteiger partial charge in [-0.3, -0.25) is 4.79 Å². The van der Waals surface area contributed by atoms with Gasteiger partial charge in [0.2, 0.25) is 5.91 Å². The summed E-state index contributed by atoms with van der Waals surface area (Å²) >= 11 is 0. The number of hydrogen-bond acceptors (Lipinski definition) is 3. The molecular formula is C14H18FNO3. The molecule has 1 heterocycles. The Balaban J connectivity index is 2.03. The maximum Gasteiger partial charge on any atom is 0.227 e. The Kier molecular flexibility index (Phi) is 3.75. The zero-order valence-corrected chi connectivity index (χ0v) is 11.1. The lowest BCUT2D eigenvalue weighted by atomic mass is 10.1. The number of carbonyl (C=O) groups is 1. The zero-order valence-electron chi connectivity index (χ0n) is 11.1. The molecule has 104 valence electrons. The van der Waals surface area contributed by atoms with Crippen LogP contribution >= 0.6 is 0 Å². The van der Waals surface area contributed by atoms with E-state index in [0.717, 1.165) is 0 Å². The van der Waals surface area contributed by atoms with Crippen LogP contribution in [0.4, 0.5) is 4.39 Å². The summed E-state index contributed by atoms with van der Waals surface area (Å²) in [5.41, 5.74) is -0.481. The van der Waals surface area contributed by atoms with Gasteiger partial charge in [-0.1, -0.05) is 6.07 Å². The second kappa shape index (κ2) is 5.17. The molecule has 5 heteroatoms. The molecule has 0 saturated carbocycles. The van der Waals surface area contributed by atoms with Gasteiger partial charge >= 0.3 is 0 Å². The highest BCUT2D eigenvalue weighted by Gasteiger charge is 2.33. The van der Waals surface area contributed by atoms with Crippen LogP contribution in [0.2, 0.25) is 0 Å². The number of hydrogen-bond donors (Lipinski definition) is 1. The van der Waals surface area contributed by atoms with E-state index in [9.17, 15) is 14.3 Å². The van der Waals surface area contributed by atoms with E-state index in [1.807, 2.05) is 0 Å². The van der Waals surface area contributed by atoms with E-state index in [0.29, 0.717) is 30.8 Å². The van der Waals surface area contributed by atoms with E-state index >= 15 is 0 Å².